The van der Waals surface area contributed by atoms with Gasteiger partial charge < -0.3 is 0 Å². The Hall–Kier alpha value is 0.692. The Kier molecular flexibility index (Phi) is 5.57. The van der Waals surface area contributed by atoms with Crippen LogP contribution in [0, 0.1) is 0 Å². The SMILES string of the molecule is O=S(=O)(Cl)OO.[AlH3]. The van der Waals surface area contributed by atoms with Crippen molar-refractivity contribution in [2.45, 2.75) is 0 Å². The van der Waals surface area contributed by atoms with Crippen molar-refractivity contribution in [1.82, 2.24) is 0 Å². The van der Waals surface area contributed by atoms with Gasteiger partial charge in [0.2, 0.25) is 0 Å². The monoisotopic (exact) mass is 162 g/mol. The van der Waals surface area contributed by atoms with E-state index in [2.05, 4.69) is 15.0 Å². The zero-order chi connectivity index (χ0) is 5.21. The molecule has 0 saturated heterocycles. The van der Waals surface area contributed by atoms with E-state index in [9.17, 15) is 8.42 Å². The third-order valence-electron chi connectivity index (χ3n) is 0.0890. The molecule has 7 heteroatoms. The van der Waals surface area contributed by atoms with Gasteiger partial charge in [0, 0.05) is 0 Å². The van der Waals surface area contributed by atoms with Gasteiger partial charge >= 0.3 is 9.33 Å². The van der Waals surface area contributed by atoms with Crippen LogP contribution in [0.15, 0.2) is 0 Å². The Balaban J connectivity index is 0. The minimum Gasteiger partial charge on any atom is -0.234 e. The molecule has 0 aromatic rings. The van der Waals surface area contributed by atoms with E-state index in [1.165, 1.54) is 0 Å². The van der Waals surface area contributed by atoms with Crippen LogP contribution in [0.3, 0.4) is 0 Å². The maximum Gasteiger partial charge on any atom is 0.381 e. The highest BCUT2D eigenvalue weighted by atomic mass is 35.7. The quantitative estimate of drug-likeness (QED) is 0.227. The number of rotatable bonds is 1. The van der Waals surface area contributed by atoms with E-state index in [4.69, 9.17) is 5.26 Å². The fourth-order valence-corrected chi connectivity index (χ4v) is 0. The van der Waals surface area contributed by atoms with Gasteiger partial charge in [0.1, 0.15) is 0 Å². The molecule has 0 bridgehead atoms. The van der Waals surface area contributed by atoms with Gasteiger partial charge in [0.25, 0.3) is 0 Å². The molecule has 0 aromatic carbocycles. The lowest BCUT2D eigenvalue weighted by molar-refractivity contribution is -0.127. The van der Waals surface area contributed by atoms with Crippen LogP contribution in [-0.2, 0) is 13.7 Å². The van der Waals surface area contributed by atoms with Gasteiger partial charge in [-0.05, 0) is 0 Å². The summed E-state index contributed by atoms with van der Waals surface area (Å²) in [4.78, 5) is 0. The Morgan fingerprint density at radius 2 is 1.71 bits per heavy atom. The third kappa shape index (κ3) is 10.8. The molecular weight excluding hydrogens is 158 g/mol. The van der Waals surface area contributed by atoms with Crippen molar-refractivity contribution in [3.05, 3.63) is 0 Å². The number of hydrogen-bond donors (Lipinski definition) is 1. The zero-order valence-electron chi connectivity index (χ0n) is 2.46. The van der Waals surface area contributed by atoms with Crippen LogP contribution >= 0.6 is 10.7 Å². The molecule has 0 rings (SSSR count). The van der Waals surface area contributed by atoms with Crippen molar-refractivity contribution in [2.75, 3.05) is 0 Å². The second-order valence-corrected chi connectivity index (χ2v) is 2.54. The van der Waals surface area contributed by atoms with Crippen molar-refractivity contribution in [1.29, 1.82) is 0 Å². The lowest BCUT2D eigenvalue weighted by atomic mass is 15.0. The molecule has 1 N–H and O–H groups in total. The van der Waals surface area contributed by atoms with Gasteiger partial charge in [-0.25, -0.2) is 5.26 Å². The molecule has 0 saturated carbocycles. The van der Waals surface area contributed by atoms with E-state index in [0.29, 0.717) is 0 Å². The maximum absolute atomic E-state index is 9.29. The minimum atomic E-state index is -4.13. The Morgan fingerprint density at radius 1 is 1.57 bits per heavy atom. The van der Waals surface area contributed by atoms with Crippen molar-refractivity contribution in [3.8, 4) is 0 Å². The first-order valence-corrected chi connectivity index (χ1v) is 3.07. The fourth-order valence-electron chi connectivity index (χ4n) is 0. The zero-order valence-corrected chi connectivity index (χ0v) is 4.03. The van der Waals surface area contributed by atoms with E-state index in [1.807, 2.05) is 0 Å². The van der Waals surface area contributed by atoms with Crippen LogP contribution in [0.1, 0.15) is 0 Å². The summed E-state index contributed by atoms with van der Waals surface area (Å²) in [5, 5.41) is 7.18. The van der Waals surface area contributed by atoms with E-state index < -0.39 is 9.33 Å². The third-order valence-corrected chi connectivity index (χ3v) is 0.436. The predicted octanol–water partition coefficient (Wildman–Crippen LogP) is -1.22. The molecule has 0 aromatic heterocycles. The first-order chi connectivity index (χ1) is 2.56. The van der Waals surface area contributed by atoms with Crippen LogP contribution in [0.2, 0.25) is 0 Å². The first kappa shape index (κ1) is 10.6. The summed E-state index contributed by atoms with van der Waals surface area (Å²) in [7, 11) is 0.0833. The smallest absolute Gasteiger partial charge is 0.234 e. The lowest BCUT2D eigenvalue weighted by Crippen LogP contribution is -1.88. The van der Waals surface area contributed by atoms with Crippen molar-refractivity contribution < 1.29 is 18.0 Å². The van der Waals surface area contributed by atoms with Gasteiger partial charge in [0.05, 0.1) is 10.7 Å². The number of hydrogen-bond acceptors (Lipinski definition) is 4. The van der Waals surface area contributed by atoms with Gasteiger partial charge in [-0.1, -0.05) is 4.33 Å². The normalized spacial score (nSPS) is 10.0. The first-order valence-electron chi connectivity index (χ1n) is 0.837. The summed E-state index contributed by atoms with van der Waals surface area (Å²) in [5.41, 5.74) is 0. The molecule has 0 fully saturated rings. The van der Waals surface area contributed by atoms with Gasteiger partial charge in [-0.3, -0.25) is 0 Å². The van der Waals surface area contributed by atoms with E-state index in [1.54, 1.807) is 0 Å². The summed E-state index contributed by atoms with van der Waals surface area (Å²) < 4.78 is 21.3. The molecule has 0 spiro atoms. The van der Waals surface area contributed by atoms with E-state index in [-0.39, 0.29) is 17.4 Å². The summed E-state index contributed by atoms with van der Waals surface area (Å²) in [6.45, 7) is 0. The van der Waals surface area contributed by atoms with Crippen LogP contribution < -0.4 is 0 Å². The van der Waals surface area contributed by atoms with E-state index in [0.717, 1.165) is 0 Å². The molecule has 0 heterocycles. The minimum absolute atomic E-state index is 0. The van der Waals surface area contributed by atoms with Crippen molar-refractivity contribution in [3.63, 3.8) is 0 Å². The van der Waals surface area contributed by atoms with Crippen molar-refractivity contribution in [2.24, 2.45) is 0 Å². The highest BCUT2D eigenvalue weighted by Gasteiger charge is 1.98. The molecule has 7 heavy (non-hydrogen) atoms. The molecule has 0 amide bonds. The molecule has 4 nitrogen and oxygen atoms in total. The molecule has 44 valence electrons. The molecule has 0 radical (unpaired) electrons. The summed E-state index contributed by atoms with van der Waals surface area (Å²) in [6, 6.07) is 0. The maximum atomic E-state index is 9.29. The highest BCUT2D eigenvalue weighted by Crippen LogP contribution is 1.92. The largest absolute Gasteiger partial charge is 0.381 e. The standard InChI is InChI=1S/Al.ClHO4S.3H/c;1-6(3,4)5-2;;;/h;2H;;;. The average Bonchev–Trinajstić information content (AvgIpc) is 1.35. The Morgan fingerprint density at radius 3 is 1.71 bits per heavy atom. The summed E-state index contributed by atoms with van der Waals surface area (Å²) in [6.07, 6.45) is 0. The topological polar surface area (TPSA) is 63.6 Å². The van der Waals surface area contributed by atoms with Crippen molar-refractivity contribution >= 4 is 37.4 Å². The summed E-state index contributed by atoms with van der Waals surface area (Å²) in [5.74, 6) is 0. The number of halogens is 1. The Labute approximate surface area is 55.7 Å². The molecule has 0 aliphatic rings. The molecule has 0 atom stereocenters. The van der Waals surface area contributed by atoms with Crippen LogP contribution in [0.25, 0.3) is 0 Å². The van der Waals surface area contributed by atoms with Gasteiger partial charge in [0.15, 0.2) is 17.4 Å². The predicted molar refractivity (Wildman–Crippen MR) is 28.4 cm³/mol. The van der Waals surface area contributed by atoms with Gasteiger partial charge in [-0.15, -0.1) is 0 Å². The van der Waals surface area contributed by atoms with Gasteiger partial charge in [-0.2, -0.15) is 8.42 Å². The van der Waals surface area contributed by atoms with Crippen LogP contribution in [-0.4, -0.2) is 31.0 Å². The summed E-state index contributed by atoms with van der Waals surface area (Å²) >= 11 is 0. The molecule has 0 aliphatic carbocycles. The second-order valence-electron chi connectivity index (χ2n) is 0.468. The van der Waals surface area contributed by atoms with E-state index >= 15 is 0 Å². The molecule has 0 aliphatic heterocycles. The fraction of sp³-hybridized carbons (Fsp3) is 0. The Bertz CT molecular complexity index is 114. The van der Waals surface area contributed by atoms with Crippen LogP contribution in [0.4, 0.5) is 0 Å². The second kappa shape index (κ2) is 3.66. The van der Waals surface area contributed by atoms with Crippen LogP contribution in [0.5, 0.6) is 0 Å². The molecule has 0 unspecified atom stereocenters. The lowest BCUT2D eigenvalue weighted by Gasteiger charge is -1.77. The average molecular weight is 163 g/mol. The molecular formula is H4AlClO4S. The highest BCUT2D eigenvalue weighted by molar-refractivity contribution is 8.09.